The maximum Gasteiger partial charge on any atom is 0.307 e. The molecule has 2 N–H and O–H groups in total. The third kappa shape index (κ3) is 6.64. The lowest BCUT2D eigenvalue weighted by Crippen LogP contribution is -2.31. The number of nitrogens with one attached hydrogen (secondary N) is 1. The average molecular weight is 242 g/mol. The molecule has 0 spiro atoms. The third-order valence-corrected chi connectivity index (χ3v) is 3.40. The minimum atomic E-state index is -0.718. The number of carboxylic acids is 1. The number of hydrogen-bond acceptors (Lipinski definition) is 3. The Morgan fingerprint density at radius 1 is 1.29 bits per heavy atom. The van der Waals surface area contributed by atoms with E-state index in [1.807, 2.05) is 0 Å². The molecule has 0 aliphatic carbocycles. The summed E-state index contributed by atoms with van der Waals surface area (Å²) in [6.07, 6.45) is 6.55. The van der Waals surface area contributed by atoms with Crippen molar-refractivity contribution >= 4 is 5.97 Å². The summed E-state index contributed by atoms with van der Waals surface area (Å²) in [4.78, 5) is 13.1. The van der Waals surface area contributed by atoms with Crippen molar-refractivity contribution in [1.29, 1.82) is 0 Å². The molecule has 17 heavy (non-hydrogen) atoms. The topological polar surface area (TPSA) is 52.6 Å². The summed E-state index contributed by atoms with van der Waals surface area (Å²) in [5, 5.41) is 11.9. The number of carbonyl (C=O) groups is 1. The monoisotopic (exact) mass is 242 g/mol. The van der Waals surface area contributed by atoms with Gasteiger partial charge in [0.15, 0.2) is 0 Å². The van der Waals surface area contributed by atoms with Gasteiger partial charge < -0.3 is 15.3 Å². The number of nitrogens with zero attached hydrogens (tertiary/aromatic N) is 1. The van der Waals surface area contributed by atoms with Gasteiger partial charge in [0.1, 0.15) is 0 Å². The van der Waals surface area contributed by atoms with Crippen LogP contribution < -0.4 is 5.32 Å². The first kappa shape index (κ1) is 14.5. The van der Waals surface area contributed by atoms with Crippen LogP contribution in [-0.4, -0.2) is 48.7 Å². The maximum atomic E-state index is 10.6. The molecule has 4 nitrogen and oxygen atoms in total. The minimum Gasteiger partial charge on any atom is -0.481 e. The summed E-state index contributed by atoms with van der Waals surface area (Å²) in [6, 6.07) is 0. The zero-order valence-electron chi connectivity index (χ0n) is 11.0. The van der Waals surface area contributed by atoms with Crippen LogP contribution >= 0.6 is 0 Å². The van der Waals surface area contributed by atoms with E-state index >= 15 is 0 Å². The van der Waals surface area contributed by atoms with Gasteiger partial charge in [-0.25, -0.2) is 0 Å². The van der Waals surface area contributed by atoms with Gasteiger partial charge in [0.25, 0.3) is 0 Å². The number of hydrogen-bond donors (Lipinski definition) is 2. The summed E-state index contributed by atoms with van der Waals surface area (Å²) in [5.41, 5.74) is 0. The summed E-state index contributed by atoms with van der Waals surface area (Å²) in [6.45, 7) is 6.87. The molecule has 1 aliphatic heterocycles. The lowest BCUT2D eigenvalue weighted by atomic mass is 10.2. The second-order valence-electron chi connectivity index (χ2n) is 5.05. The van der Waals surface area contributed by atoms with Crippen LogP contribution in [0.4, 0.5) is 0 Å². The van der Waals surface area contributed by atoms with Gasteiger partial charge in [-0.3, -0.25) is 4.79 Å². The van der Waals surface area contributed by atoms with Crippen molar-refractivity contribution in [3.05, 3.63) is 0 Å². The second kappa shape index (κ2) is 8.48. The van der Waals surface area contributed by atoms with Crippen LogP contribution in [0.25, 0.3) is 0 Å². The molecular formula is C13H26N2O2. The van der Waals surface area contributed by atoms with E-state index in [1.54, 1.807) is 6.92 Å². The van der Waals surface area contributed by atoms with Crippen molar-refractivity contribution in [3.8, 4) is 0 Å². The molecule has 0 amide bonds. The van der Waals surface area contributed by atoms with Gasteiger partial charge in [-0.05, 0) is 45.4 Å². The maximum absolute atomic E-state index is 10.6. The fourth-order valence-electron chi connectivity index (χ4n) is 2.19. The van der Waals surface area contributed by atoms with Crippen LogP contribution in [-0.2, 0) is 4.79 Å². The first-order chi connectivity index (χ1) is 8.20. The molecule has 0 bridgehead atoms. The van der Waals surface area contributed by atoms with Crippen LogP contribution in [0.1, 0.15) is 39.0 Å². The van der Waals surface area contributed by atoms with Crippen molar-refractivity contribution in [2.75, 3.05) is 32.7 Å². The fraction of sp³-hybridized carbons (Fsp3) is 0.923. The molecule has 1 rings (SSSR count). The Morgan fingerprint density at radius 2 is 1.94 bits per heavy atom. The number of carboxylic acid groups (broad SMARTS) is 1. The molecule has 0 aromatic rings. The molecular weight excluding hydrogens is 216 g/mol. The van der Waals surface area contributed by atoms with E-state index in [0.717, 1.165) is 19.5 Å². The molecule has 0 radical (unpaired) electrons. The summed E-state index contributed by atoms with van der Waals surface area (Å²) < 4.78 is 0. The zero-order valence-corrected chi connectivity index (χ0v) is 11.0. The highest BCUT2D eigenvalue weighted by Gasteiger charge is 2.10. The van der Waals surface area contributed by atoms with Crippen LogP contribution in [0.3, 0.4) is 0 Å². The predicted molar refractivity (Wildman–Crippen MR) is 69.2 cm³/mol. The van der Waals surface area contributed by atoms with E-state index in [9.17, 15) is 4.79 Å². The fourth-order valence-corrected chi connectivity index (χ4v) is 2.19. The third-order valence-electron chi connectivity index (χ3n) is 3.40. The van der Waals surface area contributed by atoms with Gasteiger partial charge in [0, 0.05) is 6.54 Å². The van der Waals surface area contributed by atoms with E-state index in [-0.39, 0.29) is 5.92 Å². The Hall–Kier alpha value is -0.610. The molecule has 1 fully saturated rings. The van der Waals surface area contributed by atoms with Crippen LogP contribution in [0, 0.1) is 5.92 Å². The zero-order chi connectivity index (χ0) is 12.5. The molecule has 1 atom stereocenters. The number of rotatable bonds is 7. The lowest BCUT2D eigenvalue weighted by Gasteiger charge is -2.19. The number of likely N-dealkylation sites (tertiary alicyclic amines) is 1. The van der Waals surface area contributed by atoms with Crippen molar-refractivity contribution in [1.82, 2.24) is 10.2 Å². The highest BCUT2D eigenvalue weighted by Crippen LogP contribution is 2.09. The molecule has 1 aliphatic rings. The second-order valence-corrected chi connectivity index (χ2v) is 5.05. The van der Waals surface area contributed by atoms with E-state index in [1.165, 1.54) is 38.8 Å². The smallest absolute Gasteiger partial charge is 0.307 e. The van der Waals surface area contributed by atoms with Gasteiger partial charge in [0.05, 0.1) is 5.92 Å². The van der Waals surface area contributed by atoms with Crippen molar-refractivity contribution in [3.63, 3.8) is 0 Å². The highest BCUT2D eigenvalue weighted by molar-refractivity contribution is 5.69. The van der Waals surface area contributed by atoms with Gasteiger partial charge in [-0.2, -0.15) is 0 Å². The first-order valence-corrected chi connectivity index (χ1v) is 6.86. The van der Waals surface area contributed by atoms with Crippen LogP contribution in [0.5, 0.6) is 0 Å². The van der Waals surface area contributed by atoms with Gasteiger partial charge >= 0.3 is 5.97 Å². The molecule has 1 unspecified atom stereocenters. The molecule has 4 heteroatoms. The van der Waals surface area contributed by atoms with Crippen LogP contribution in [0.2, 0.25) is 0 Å². The van der Waals surface area contributed by atoms with Gasteiger partial charge in [0.2, 0.25) is 0 Å². The Kier molecular flexibility index (Phi) is 7.21. The van der Waals surface area contributed by atoms with Crippen molar-refractivity contribution in [2.45, 2.75) is 39.0 Å². The molecule has 100 valence electrons. The molecule has 1 saturated heterocycles. The molecule has 1 heterocycles. The first-order valence-electron chi connectivity index (χ1n) is 6.86. The molecule has 0 saturated carbocycles. The quantitative estimate of drug-likeness (QED) is 0.665. The molecule has 0 aromatic carbocycles. The van der Waals surface area contributed by atoms with Crippen LogP contribution in [0.15, 0.2) is 0 Å². The average Bonchev–Trinajstić information content (AvgIpc) is 2.56. The van der Waals surface area contributed by atoms with E-state index in [0.29, 0.717) is 6.54 Å². The lowest BCUT2D eigenvalue weighted by molar-refractivity contribution is -0.140. The van der Waals surface area contributed by atoms with E-state index in [2.05, 4.69) is 10.2 Å². The Bertz CT molecular complexity index is 213. The predicted octanol–water partition coefficient (Wildman–Crippen LogP) is 1.56. The summed E-state index contributed by atoms with van der Waals surface area (Å²) >= 11 is 0. The SMILES string of the molecule is CC(CNCCCN1CCCCCC1)C(=O)O. The molecule has 0 aromatic heterocycles. The van der Waals surface area contributed by atoms with Crippen molar-refractivity contribution in [2.24, 2.45) is 5.92 Å². The number of aliphatic carboxylic acids is 1. The minimum absolute atomic E-state index is 0.284. The Balaban J connectivity index is 1.97. The Labute approximate surface area is 104 Å². The highest BCUT2D eigenvalue weighted by atomic mass is 16.4. The van der Waals surface area contributed by atoms with Gasteiger partial charge in [-0.15, -0.1) is 0 Å². The summed E-state index contributed by atoms with van der Waals surface area (Å²) in [5.74, 6) is -1.00. The van der Waals surface area contributed by atoms with Crippen molar-refractivity contribution < 1.29 is 9.90 Å². The summed E-state index contributed by atoms with van der Waals surface area (Å²) in [7, 11) is 0. The normalized spacial score (nSPS) is 19.8. The van der Waals surface area contributed by atoms with E-state index in [4.69, 9.17) is 5.11 Å². The standard InChI is InChI=1S/C13H26N2O2/c1-12(13(16)17)11-14-7-6-10-15-8-4-2-3-5-9-15/h12,14H,2-11H2,1H3,(H,16,17). The van der Waals surface area contributed by atoms with Gasteiger partial charge in [-0.1, -0.05) is 19.8 Å². The van der Waals surface area contributed by atoms with E-state index < -0.39 is 5.97 Å². The largest absolute Gasteiger partial charge is 0.481 e. The Morgan fingerprint density at radius 3 is 2.53 bits per heavy atom.